The van der Waals surface area contributed by atoms with Crippen molar-refractivity contribution in [1.29, 1.82) is 0 Å². The van der Waals surface area contributed by atoms with Gasteiger partial charge >= 0.3 is 0 Å². The third-order valence-electron chi connectivity index (χ3n) is 8.52. The third-order valence-corrected chi connectivity index (χ3v) is 8.52. The van der Waals surface area contributed by atoms with E-state index in [1.807, 2.05) is 6.20 Å². The number of anilines is 1. The van der Waals surface area contributed by atoms with Crippen molar-refractivity contribution in [3.63, 3.8) is 0 Å². The molecule has 0 aromatic carbocycles. The number of fused-ring (bicyclic) bond motifs is 1. The van der Waals surface area contributed by atoms with Crippen molar-refractivity contribution >= 4 is 11.7 Å². The van der Waals surface area contributed by atoms with E-state index in [-0.39, 0.29) is 0 Å². The van der Waals surface area contributed by atoms with E-state index in [0.717, 1.165) is 63.1 Å². The normalized spacial score (nSPS) is 26.6. The standard InChI is InChI=1S/C27H42N4O2/c32-25(20-22-4-2-1-3-5-22)29-24-8-6-21(7-9-24)11-14-30-15-17-31(18-16-30)27-26-23(10-13-28-27)12-19-33-26/h10,13,21-22,24H,1-9,11-12,14-20H2,(H,29,32). The van der Waals surface area contributed by atoms with Crippen molar-refractivity contribution in [2.24, 2.45) is 11.8 Å². The van der Waals surface area contributed by atoms with Crippen molar-refractivity contribution in [1.82, 2.24) is 15.2 Å². The summed E-state index contributed by atoms with van der Waals surface area (Å²) in [5, 5.41) is 3.36. The number of hydrogen-bond acceptors (Lipinski definition) is 5. The van der Waals surface area contributed by atoms with Crippen LogP contribution in [0, 0.1) is 11.8 Å². The van der Waals surface area contributed by atoms with Crippen LogP contribution in [0.2, 0.25) is 0 Å². The van der Waals surface area contributed by atoms with Crippen LogP contribution in [0.4, 0.5) is 5.82 Å². The van der Waals surface area contributed by atoms with Gasteiger partial charge in [0.2, 0.25) is 5.91 Å². The summed E-state index contributed by atoms with van der Waals surface area (Å²) in [6.07, 6.45) is 16.4. The van der Waals surface area contributed by atoms with Gasteiger partial charge in [0.15, 0.2) is 11.6 Å². The molecule has 182 valence electrons. The molecular formula is C27H42N4O2. The van der Waals surface area contributed by atoms with Crippen molar-refractivity contribution < 1.29 is 9.53 Å². The number of aromatic nitrogens is 1. The summed E-state index contributed by atoms with van der Waals surface area (Å²) in [7, 11) is 0. The van der Waals surface area contributed by atoms with Crippen molar-refractivity contribution in [2.75, 3.05) is 44.2 Å². The minimum atomic E-state index is 0.312. The molecule has 1 amide bonds. The molecule has 0 unspecified atom stereocenters. The molecule has 2 aliphatic carbocycles. The molecule has 0 atom stereocenters. The number of amides is 1. The number of nitrogens with one attached hydrogen (secondary N) is 1. The Morgan fingerprint density at radius 2 is 1.79 bits per heavy atom. The monoisotopic (exact) mass is 454 g/mol. The fourth-order valence-electron chi connectivity index (χ4n) is 6.40. The van der Waals surface area contributed by atoms with E-state index in [1.54, 1.807) is 0 Å². The maximum atomic E-state index is 12.5. The Bertz CT molecular complexity index is 778. The van der Waals surface area contributed by atoms with Gasteiger partial charge < -0.3 is 15.0 Å². The van der Waals surface area contributed by atoms with Crippen molar-refractivity contribution in [3.05, 3.63) is 17.8 Å². The molecular weight excluding hydrogens is 412 g/mol. The highest BCUT2D eigenvalue weighted by Crippen LogP contribution is 2.35. The van der Waals surface area contributed by atoms with Crippen LogP contribution >= 0.6 is 0 Å². The van der Waals surface area contributed by atoms with Crippen LogP contribution in [0.3, 0.4) is 0 Å². The highest BCUT2D eigenvalue weighted by Gasteiger charge is 2.27. The highest BCUT2D eigenvalue weighted by molar-refractivity contribution is 5.76. The van der Waals surface area contributed by atoms with E-state index in [0.29, 0.717) is 17.9 Å². The summed E-state index contributed by atoms with van der Waals surface area (Å²) < 4.78 is 5.86. The van der Waals surface area contributed by atoms with Crippen LogP contribution in [0.25, 0.3) is 0 Å². The SMILES string of the molecule is O=C(CC1CCCCC1)NC1CCC(CCN2CCN(c3nccc4c3OCC4)CC2)CC1. The maximum Gasteiger partial charge on any atom is 0.220 e. The van der Waals surface area contributed by atoms with Gasteiger partial charge in [-0.1, -0.05) is 19.3 Å². The molecule has 6 heteroatoms. The summed E-state index contributed by atoms with van der Waals surface area (Å²) in [5.74, 6) is 3.85. The van der Waals surface area contributed by atoms with Gasteiger partial charge in [0, 0.05) is 56.8 Å². The Balaban J connectivity index is 0.980. The molecule has 2 aliphatic heterocycles. The van der Waals surface area contributed by atoms with Crippen LogP contribution in [0.15, 0.2) is 12.3 Å². The van der Waals surface area contributed by atoms with Crippen LogP contribution in [-0.4, -0.2) is 61.2 Å². The fraction of sp³-hybridized carbons (Fsp3) is 0.778. The lowest BCUT2D eigenvalue weighted by Crippen LogP contribution is -2.47. The van der Waals surface area contributed by atoms with Gasteiger partial charge in [-0.25, -0.2) is 4.98 Å². The van der Waals surface area contributed by atoms with Crippen LogP contribution in [0.5, 0.6) is 5.75 Å². The number of carbonyl (C=O) groups is 1. The zero-order valence-corrected chi connectivity index (χ0v) is 20.3. The molecule has 2 saturated carbocycles. The van der Waals surface area contributed by atoms with Crippen LogP contribution in [0.1, 0.15) is 76.2 Å². The Kier molecular flexibility index (Phi) is 7.70. The number of ether oxygens (including phenoxy) is 1. The number of piperazine rings is 1. The van der Waals surface area contributed by atoms with E-state index in [4.69, 9.17) is 4.74 Å². The first kappa shape index (κ1) is 22.9. The van der Waals surface area contributed by atoms with Gasteiger partial charge in [0.25, 0.3) is 0 Å². The molecule has 3 fully saturated rings. The average Bonchev–Trinajstić information content (AvgIpc) is 3.34. The Labute approximate surface area is 199 Å². The second kappa shape index (κ2) is 11.1. The Hall–Kier alpha value is -1.82. The number of nitrogens with zero attached hydrogens (tertiary/aromatic N) is 3. The summed E-state index contributed by atoms with van der Waals surface area (Å²) in [5.41, 5.74) is 1.31. The first-order chi connectivity index (χ1) is 16.2. The van der Waals surface area contributed by atoms with Crippen molar-refractivity contribution in [3.8, 4) is 5.75 Å². The van der Waals surface area contributed by atoms with E-state index in [1.165, 1.54) is 76.3 Å². The van der Waals surface area contributed by atoms with Gasteiger partial charge in [-0.2, -0.15) is 0 Å². The van der Waals surface area contributed by atoms with Gasteiger partial charge in [-0.3, -0.25) is 9.69 Å². The Morgan fingerprint density at radius 3 is 2.58 bits per heavy atom. The minimum Gasteiger partial charge on any atom is -0.489 e. The predicted molar refractivity (Wildman–Crippen MR) is 132 cm³/mol. The van der Waals surface area contributed by atoms with Gasteiger partial charge in [-0.15, -0.1) is 0 Å². The largest absolute Gasteiger partial charge is 0.489 e. The average molecular weight is 455 g/mol. The molecule has 0 bridgehead atoms. The smallest absolute Gasteiger partial charge is 0.220 e. The molecule has 1 saturated heterocycles. The lowest BCUT2D eigenvalue weighted by Gasteiger charge is -2.37. The Morgan fingerprint density at radius 1 is 1.00 bits per heavy atom. The summed E-state index contributed by atoms with van der Waals surface area (Å²) >= 11 is 0. The zero-order chi connectivity index (χ0) is 22.5. The molecule has 4 aliphatic rings. The number of pyridine rings is 1. The highest BCUT2D eigenvalue weighted by atomic mass is 16.5. The number of carbonyl (C=O) groups excluding carboxylic acids is 1. The molecule has 1 N–H and O–H groups in total. The van der Waals surface area contributed by atoms with E-state index < -0.39 is 0 Å². The zero-order valence-electron chi connectivity index (χ0n) is 20.3. The molecule has 33 heavy (non-hydrogen) atoms. The number of hydrogen-bond donors (Lipinski definition) is 1. The minimum absolute atomic E-state index is 0.312. The predicted octanol–water partition coefficient (Wildman–Crippen LogP) is 4.17. The first-order valence-corrected chi connectivity index (χ1v) is 13.6. The quantitative estimate of drug-likeness (QED) is 0.670. The topological polar surface area (TPSA) is 57.7 Å². The molecule has 1 aromatic rings. The van der Waals surface area contributed by atoms with Crippen LogP contribution in [-0.2, 0) is 11.2 Å². The van der Waals surface area contributed by atoms with Crippen molar-refractivity contribution in [2.45, 2.75) is 83.1 Å². The first-order valence-electron chi connectivity index (χ1n) is 13.6. The third kappa shape index (κ3) is 6.00. The summed E-state index contributed by atoms with van der Waals surface area (Å²) in [6, 6.07) is 2.52. The lowest BCUT2D eigenvalue weighted by atomic mass is 9.83. The van der Waals surface area contributed by atoms with Gasteiger partial charge in [0.05, 0.1) is 6.61 Å². The van der Waals surface area contributed by atoms with Crippen LogP contribution < -0.4 is 15.0 Å². The lowest BCUT2D eigenvalue weighted by molar-refractivity contribution is -0.123. The second-order valence-corrected chi connectivity index (χ2v) is 10.8. The maximum absolute atomic E-state index is 12.5. The van der Waals surface area contributed by atoms with Gasteiger partial charge in [-0.05, 0) is 69.4 Å². The van der Waals surface area contributed by atoms with E-state index in [9.17, 15) is 4.79 Å². The second-order valence-electron chi connectivity index (χ2n) is 10.8. The van der Waals surface area contributed by atoms with E-state index in [2.05, 4.69) is 26.2 Å². The molecule has 5 rings (SSSR count). The molecule has 3 heterocycles. The molecule has 1 aromatic heterocycles. The fourth-order valence-corrected chi connectivity index (χ4v) is 6.40. The number of rotatable bonds is 7. The van der Waals surface area contributed by atoms with E-state index >= 15 is 0 Å². The van der Waals surface area contributed by atoms with Gasteiger partial charge in [0.1, 0.15) is 0 Å². The molecule has 0 spiro atoms. The molecule has 6 nitrogen and oxygen atoms in total. The summed E-state index contributed by atoms with van der Waals surface area (Å²) in [6.45, 7) is 6.28. The molecule has 0 radical (unpaired) electrons. The summed E-state index contributed by atoms with van der Waals surface area (Å²) in [4.78, 5) is 22.1.